The SMILES string of the molecule is [C-]#[N+]c1c(-n2c3ccc(-c4ccccc4)cc3c3cc(-c4ccccc4)ccc32)ccc(-c2c(F)c(F)c(F)c(F)c2F)c1-n1c2ccc(-c3ccccc3)cc2c2cc(-c3ccccc3)ccc21. The van der Waals surface area contributed by atoms with Crippen molar-refractivity contribution in [2.45, 2.75) is 0 Å². The van der Waals surface area contributed by atoms with Crippen molar-refractivity contribution in [1.82, 2.24) is 9.13 Å². The van der Waals surface area contributed by atoms with E-state index in [-0.39, 0.29) is 16.9 Å². The minimum atomic E-state index is -2.27. The number of rotatable bonds is 7. The zero-order valence-corrected chi connectivity index (χ0v) is 36.4. The standard InChI is InChI=1S/C61H34F5N3/c1-67-60-53(68-49-27-22-40(36-14-6-2-7-15-36)32-45(49)46-33-41(23-28-50(46)68)37-16-8-3-9-17-37)31-26-44(54-55(62)57(64)59(66)58(65)56(54)63)61(60)69-51-29-24-42(38-18-10-4-11-19-38)34-47(51)48-35-43(25-30-52(48)69)39-20-12-5-13-21-39/h2-35H. The van der Waals surface area contributed by atoms with Gasteiger partial charge in [-0.3, -0.25) is 0 Å². The van der Waals surface area contributed by atoms with Gasteiger partial charge in [-0.1, -0.05) is 152 Å². The summed E-state index contributed by atoms with van der Waals surface area (Å²) >= 11 is 0. The fourth-order valence-electron chi connectivity index (χ4n) is 9.92. The van der Waals surface area contributed by atoms with Gasteiger partial charge in [-0.25, -0.2) is 26.8 Å². The van der Waals surface area contributed by atoms with E-state index in [1.165, 1.54) is 12.1 Å². The normalized spacial score (nSPS) is 11.5. The summed E-state index contributed by atoms with van der Waals surface area (Å²) in [5.74, 6) is -10.5. The minimum Gasteiger partial charge on any atom is -0.319 e. The lowest BCUT2D eigenvalue weighted by Crippen LogP contribution is -2.08. The molecule has 10 aromatic carbocycles. The maximum Gasteiger partial charge on any atom is 0.234 e. The fraction of sp³-hybridized carbons (Fsp3) is 0. The fourth-order valence-corrected chi connectivity index (χ4v) is 9.92. The molecule has 8 heteroatoms. The minimum absolute atomic E-state index is 0.0533. The number of hydrogen-bond acceptors (Lipinski definition) is 0. The lowest BCUT2D eigenvalue weighted by atomic mass is 9.98. The van der Waals surface area contributed by atoms with E-state index in [0.29, 0.717) is 16.7 Å². The molecule has 2 heterocycles. The van der Waals surface area contributed by atoms with Crippen molar-refractivity contribution in [1.29, 1.82) is 0 Å². The number of halogens is 5. The molecule has 0 fully saturated rings. The molecule has 12 aromatic rings. The van der Waals surface area contributed by atoms with Crippen molar-refractivity contribution < 1.29 is 22.0 Å². The Kier molecular flexibility index (Phi) is 9.82. The second-order valence-corrected chi connectivity index (χ2v) is 16.9. The van der Waals surface area contributed by atoms with Gasteiger partial charge in [-0.2, -0.15) is 0 Å². The first kappa shape index (κ1) is 41.4. The average Bonchev–Trinajstić information content (AvgIpc) is 3.91. The molecule has 0 aliphatic carbocycles. The van der Waals surface area contributed by atoms with E-state index in [0.717, 1.165) is 77.1 Å². The van der Waals surface area contributed by atoms with Gasteiger partial charge in [0.25, 0.3) is 0 Å². The lowest BCUT2D eigenvalue weighted by Gasteiger charge is -2.21. The number of hydrogen-bond donors (Lipinski definition) is 0. The van der Waals surface area contributed by atoms with E-state index < -0.39 is 34.6 Å². The molecule has 328 valence electrons. The summed E-state index contributed by atoms with van der Waals surface area (Å²) < 4.78 is 82.1. The first-order valence-corrected chi connectivity index (χ1v) is 22.2. The van der Waals surface area contributed by atoms with Crippen LogP contribution in [0.3, 0.4) is 0 Å². The third-order valence-corrected chi connectivity index (χ3v) is 13.1. The van der Waals surface area contributed by atoms with Crippen molar-refractivity contribution in [2.75, 3.05) is 0 Å². The summed E-state index contributed by atoms with van der Waals surface area (Å²) in [6, 6.07) is 66.4. The van der Waals surface area contributed by atoms with Gasteiger partial charge >= 0.3 is 0 Å². The third-order valence-electron chi connectivity index (χ3n) is 13.1. The molecule has 0 saturated carbocycles. The highest BCUT2D eigenvalue weighted by Gasteiger charge is 2.32. The first-order chi connectivity index (χ1) is 33.8. The van der Waals surface area contributed by atoms with Gasteiger partial charge in [0.1, 0.15) is 0 Å². The van der Waals surface area contributed by atoms with Crippen molar-refractivity contribution in [3.63, 3.8) is 0 Å². The van der Waals surface area contributed by atoms with Crippen LogP contribution in [0.15, 0.2) is 206 Å². The molecule has 3 nitrogen and oxygen atoms in total. The van der Waals surface area contributed by atoms with Crippen LogP contribution in [0.4, 0.5) is 27.6 Å². The molecular formula is C61H34F5N3. The first-order valence-electron chi connectivity index (χ1n) is 22.2. The van der Waals surface area contributed by atoms with E-state index in [4.69, 9.17) is 6.57 Å². The van der Waals surface area contributed by atoms with Crippen LogP contribution >= 0.6 is 0 Å². The molecule has 0 amide bonds. The van der Waals surface area contributed by atoms with Crippen molar-refractivity contribution in [3.05, 3.63) is 247 Å². The Morgan fingerprint density at radius 2 is 0.638 bits per heavy atom. The summed E-state index contributed by atoms with van der Waals surface area (Å²) in [7, 11) is 0. The van der Waals surface area contributed by atoms with Gasteiger partial charge in [0, 0.05) is 27.1 Å². The molecule has 0 N–H and O–H groups in total. The van der Waals surface area contributed by atoms with Gasteiger partial charge < -0.3 is 9.13 Å². The smallest absolute Gasteiger partial charge is 0.234 e. The maximum absolute atomic E-state index is 16.4. The molecule has 0 unspecified atom stereocenters. The molecule has 0 spiro atoms. The zero-order chi connectivity index (χ0) is 46.9. The number of fused-ring (bicyclic) bond motifs is 6. The Hall–Kier alpha value is -9.06. The molecule has 0 atom stereocenters. The molecule has 69 heavy (non-hydrogen) atoms. The Morgan fingerprint density at radius 1 is 0.319 bits per heavy atom. The van der Waals surface area contributed by atoms with E-state index in [1.807, 2.05) is 187 Å². The summed E-state index contributed by atoms with van der Waals surface area (Å²) in [6.07, 6.45) is 0. The lowest BCUT2D eigenvalue weighted by molar-refractivity contribution is 0.381. The monoisotopic (exact) mass is 903 g/mol. The number of benzene rings is 10. The topological polar surface area (TPSA) is 14.2 Å². The highest BCUT2D eigenvalue weighted by molar-refractivity contribution is 6.15. The molecular weight excluding hydrogens is 870 g/mol. The van der Waals surface area contributed by atoms with Crippen LogP contribution in [0, 0.1) is 35.7 Å². The van der Waals surface area contributed by atoms with Gasteiger partial charge in [-0.05, 0) is 99.1 Å². The Balaban J connectivity index is 1.22. The molecule has 0 radical (unpaired) electrons. The molecule has 0 saturated heterocycles. The summed E-state index contributed by atoms with van der Waals surface area (Å²) in [5.41, 5.74) is 8.90. The quantitative estimate of drug-likeness (QED) is 0.0655. The zero-order valence-electron chi connectivity index (χ0n) is 36.4. The van der Waals surface area contributed by atoms with Crippen molar-refractivity contribution >= 4 is 49.3 Å². The summed E-state index contributed by atoms with van der Waals surface area (Å²) in [5, 5.41) is 3.24. The molecule has 0 bridgehead atoms. The van der Waals surface area contributed by atoms with Gasteiger partial charge in [0.2, 0.25) is 11.5 Å². The maximum atomic E-state index is 16.4. The average molecular weight is 904 g/mol. The van der Waals surface area contributed by atoms with E-state index in [9.17, 15) is 4.39 Å². The molecule has 0 aliphatic rings. The van der Waals surface area contributed by atoms with E-state index in [1.54, 1.807) is 4.57 Å². The highest BCUT2D eigenvalue weighted by atomic mass is 19.2. The predicted octanol–water partition coefficient (Wildman–Crippen LogP) is 17.5. The van der Waals surface area contributed by atoms with Crippen LogP contribution < -0.4 is 0 Å². The van der Waals surface area contributed by atoms with Crippen LogP contribution in [0.1, 0.15) is 0 Å². The van der Waals surface area contributed by atoms with Crippen LogP contribution in [0.5, 0.6) is 0 Å². The molecule has 0 aliphatic heterocycles. The number of aromatic nitrogens is 2. The van der Waals surface area contributed by atoms with Crippen molar-refractivity contribution in [3.8, 4) is 67.0 Å². The Bertz CT molecular complexity index is 3840. The predicted molar refractivity (Wildman–Crippen MR) is 268 cm³/mol. The third kappa shape index (κ3) is 6.62. The number of nitrogens with zero attached hydrogens (tertiary/aromatic N) is 3. The second kappa shape index (κ2) is 16.4. The second-order valence-electron chi connectivity index (χ2n) is 16.9. The van der Waals surface area contributed by atoms with Crippen molar-refractivity contribution in [2.24, 2.45) is 0 Å². The van der Waals surface area contributed by atoms with E-state index in [2.05, 4.69) is 17.0 Å². The van der Waals surface area contributed by atoms with Gasteiger partial charge in [0.15, 0.2) is 23.3 Å². The molecule has 12 rings (SSSR count). The highest BCUT2D eigenvalue weighted by Crippen LogP contribution is 2.49. The summed E-state index contributed by atoms with van der Waals surface area (Å²) in [6.45, 7) is 9.04. The van der Waals surface area contributed by atoms with Crippen LogP contribution in [0.25, 0.3) is 115 Å². The Morgan fingerprint density at radius 3 is 0.971 bits per heavy atom. The molecule has 2 aromatic heterocycles. The summed E-state index contributed by atoms with van der Waals surface area (Å²) in [4.78, 5) is 4.18. The van der Waals surface area contributed by atoms with Crippen LogP contribution in [0.2, 0.25) is 0 Å². The van der Waals surface area contributed by atoms with Crippen LogP contribution in [-0.2, 0) is 0 Å². The Labute approximate surface area is 392 Å². The van der Waals surface area contributed by atoms with Crippen LogP contribution in [-0.4, -0.2) is 9.13 Å². The van der Waals surface area contributed by atoms with E-state index >= 15 is 17.6 Å². The largest absolute Gasteiger partial charge is 0.319 e. The van der Waals surface area contributed by atoms with Gasteiger partial charge in [0.05, 0.1) is 45.6 Å². The van der Waals surface area contributed by atoms with Gasteiger partial charge in [-0.15, -0.1) is 0 Å².